The molecule has 3 aromatic heterocycles. The Morgan fingerprint density at radius 3 is 2.28 bits per heavy atom. The summed E-state index contributed by atoms with van der Waals surface area (Å²) >= 11 is 2.21. The van der Waals surface area contributed by atoms with Crippen LogP contribution in [-0.4, -0.2) is 185 Å². The van der Waals surface area contributed by atoms with Crippen LogP contribution in [0.1, 0.15) is 32.7 Å². The van der Waals surface area contributed by atoms with Gasteiger partial charge in [0.2, 0.25) is 11.8 Å². The van der Waals surface area contributed by atoms with E-state index in [1.54, 1.807) is 0 Å². The van der Waals surface area contributed by atoms with E-state index in [0.717, 1.165) is 33.6 Å². The van der Waals surface area contributed by atoms with Crippen molar-refractivity contribution in [2.24, 2.45) is 5.41 Å². The van der Waals surface area contributed by atoms with Gasteiger partial charge in [-0.2, -0.15) is 21.1 Å². The molecule has 2 amide bonds. The summed E-state index contributed by atoms with van der Waals surface area (Å²) in [6.07, 6.45) is -11.1. The smallest absolute Gasteiger partial charge is 0.394 e. The van der Waals surface area contributed by atoms with Gasteiger partial charge < -0.3 is 70.9 Å². The molecule has 2 fully saturated rings. The summed E-state index contributed by atoms with van der Waals surface area (Å²) < 4.78 is 68.6. The maximum Gasteiger partial charge on any atom is 0.481 e. The van der Waals surface area contributed by atoms with Crippen LogP contribution >= 0.6 is 47.0 Å². The number of aliphatic hydroxyl groups excluding tert-OH is 5. The number of nitrogens with one attached hydrogen (secondary N) is 2. The third-order valence-electron chi connectivity index (χ3n) is 9.89. The van der Waals surface area contributed by atoms with Gasteiger partial charge in [-0.05, 0) is 6.07 Å². The van der Waals surface area contributed by atoms with Crippen LogP contribution in [-0.2, 0) is 55.4 Å². The lowest BCUT2D eigenvalue weighted by molar-refractivity contribution is -0.137. The van der Waals surface area contributed by atoms with Crippen molar-refractivity contribution in [1.29, 1.82) is 0 Å². The van der Waals surface area contributed by atoms with E-state index in [2.05, 4.69) is 39.4 Å². The van der Waals surface area contributed by atoms with Crippen molar-refractivity contribution in [3.8, 4) is 0 Å². The number of phosphoric ester groups is 3. The van der Waals surface area contributed by atoms with Gasteiger partial charge in [0.05, 0.1) is 37.7 Å². The van der Waals surface area contributed by atoms with E-state index >= 15 is 0 Å². The van der Waals surface area contributed by atoms with Crippen molar-refractivity contribution < 1.29 is 101 Å². The number of nitrogens with zero attached hydrogens (tertiary/aromatic N) is 6. The second-order valence-electron chi connectivity index (χ2n) is 15.6. The van der Waals surface area contributed by atoms with E-state index in [4.69, 9.17) is 24.3 Å². The highest BCUT2D eigenvalue weighted by molar-refractivity contribution is 8.01. The number of anilines is 1. The number of fused-ring (bicyclic) bond motifs is 1. The van der Waals surface area contributed by atoms with E-state index in [-0.39, 0.29) is 58.8 Å². The van der Waals surface area contributed by atoms with Gasteiger partial charge in [-0.25, -0.2) is 33.4 Å². The fourth-order valence-corrected chi connectivity index (χ4v) is 10.8. The Balaban J connectivity index is 0.976. The topological polar surface area (TPSA) is 468 Å². The van der Waals surface area contributed by atoms with Crippen LogP contribution in [0.4, 0.5) is 5.82 Å². The van der Waals surface area contributed by atoms with Crippen molar-refractivity contribution in [2.45, 2.75) is 80.5 Å². The van der Waals surface area contributed by atoms with Gasteiger partial charge in [-0.1, -0.05) is 25.6 Å². The minimum absolute atomic E-state index is 0.0132. The lowest BCUT2D eigenvalue weighted by Crippen LogP contribution is -2.46. The van der Waals surface area contributed by atoms with Gasteiger partial charge in [0, 0.05) is 36.9 Å². The van der Waals surface area contributed by atoms with Gasteiger partial charge in [0.25, 0.3) is 0 Å². The molecule has 386 valence electrons. The zero-order valence-electron chi connectivity index (χ0n) is 36.1. The molecule has 31 nitrogen and oxygen atoms in total. The van der Waals surface area contributed by atoms with Gasteiger partial charge in [0.15, 0.2) is 29.7 Å². The molecule has 0 bridgehead atoms. The Morgan fingerprint density at radius 1 is 0.928 bits per heavy atom. The molecule has 5 rings (SSSR count). The summed E-state index contributed by atoms with van der Waals surface area (Å²) in [4.78, 5) is 105. The fraction of sp³-hybridized carbons (Fsp3) is 0.636. The quantitative estimate of drug-likeness (QED) is 0.0162. The summed E-state index contributed by atoms with van der Waals surface area (Å²) in [5.41, 5.74) is 3.38. The first-order chi connectivity index (χ1) is 32.2. The van der Waals surface area contributed by atoms with Crippen molar-refractivity contribution in [3.05, 3.63) is 35.4 Å². The molecule has 0 spiro atoms. The Labute approximate surface area is 397 Å². The standard InChI is InChI=1S/C33H50N9O22P3S2/c1-33(2,13-60-67(57,58)64-66(55,56)59-10-18-25(63-65(52,53)54)24(48)31(62-18)42-15-39-21-27(34)37-14-38-28(21)42)26(49)29(50)36-5-3-19(45)35-6-8-68-11-16(44)12-69-20-4-7-41(32(51)40-20)30-23(47)22(46)17(9-43)61-30/h4,7,14-15,17-18,22-26,30-31,43,46-49H,3,5-6,8-13H2,1-2H3,(H,35,45)(H,36,50)(H,55,56)(H,57,58)(H2,34,37,38)(H2,52,53,54)/t17-,18+,22-,23+,24+,25-,26+,30+,31+/m0/s1. The second-order valence-corrected chi connectivity index (χ2v) is 22.0. The minimum atomic E-state index is -5.61. The van der Waals surface area contributed by atoms with Crippen LogP contribution in [0.25, 0.3) is 11.2 Å². The predicted molar refractivity (Wildman–Crippen MR) is 234 cm³/mol. The molecule has 2 aliphatic rings. The number of nitrogen functional groups attached to an aromatic ring is 1. The van der Waals surface area contributed by atoms with Crippen LogP contribution in [0, 0.1) is 5.41 Å². The average Bonchev–Trinajstić information content (AvgIpc) is 3.92. The number of aliphatic hydroxyl groups is 5. The summed E-state index contributed by atoms with van der Waals surface area (Å²) in [6.45, 7) is -0.306. The van der Waals surface area contributed by atoms with E-state index in [9.17, 15) is 78.0 Å². The number of Topliss-reactive ketones (excluding diaryl/α,β-unsaturated/α-hetero) is 1. The van der Waals surface area contributed by atoms with Gasteiger partial charge >= 0.3 is 29.2 Å². The largest absolute Gasteiger partial charge is 0.481 e. The Hall–Kier alpha value is -3.37. The third-order valence-corrected chi connectivity index (χ3v) is 15.0. The number of ether oxygens (including phenoxy) is 2. The van der Waals surface area contributed by atoms with Crippen molar-refractivity contribution in [2.75, 3.05) is 55.9 Å². The van der Waals surface area contributed by atoms with E-state index in [1.165, 1.54) is 37.9 Å². The van der Waals surface area contributed by atoms with Crippen LogP contribution in [0.5, 0.6) is 0 Å². The Morgan fingerprint density at radius 2 is 1.61 bits per heavy atom. The average molecular weight is 1080 g/mol. The van der Waals surface area contributed by atoms with Gasteiger partial charge in [0.1, 0.15) is 59.6 Å². The molecular weight excluding hydrogens is 1030 g/mol. The molecule has 0 aliphatic carbocycles. The molecule has 0 saturated carbocycles. The van der Waals surface area contributed by atoms with Crippen LogP contribution in [0.15, 0.2) is 34.7 Å². The fourth-order valence-electron chi connectivity index (χ4n) is 6.37. The first kappa shape index (κ1) is 56.5. The molecule has 2 saturated heterocycles. The molecule has 2 unspecified atom stereocenters. The molecule has 5 heterocycles. The molecule has 69 heavy (non-hydrogen) atoms. The van der Waals surface area contributed by atoms with Gasteiger partial charge in [-0.3, -0.25) is 37.1 Å². The molecule has 13 N–H and O–H groups in total. The van der Waals surface area contributed by atoms with E-state index < -0.39 is 121 Å². The van der Waals surface area contributed by atoms with Crippen LogP contribution in [0.2, 0.25) is 0 Å². The zero-order chi connectivity index (χ0) is 51.1. The number of ketones is 1. The molecule has 2 aliphatic heterocycles. The zero-order valence-corrected chi connectivity index (χ0v) is 40.4. The van der Waals surface area contributed by atoms with E-state index in [1.807, 2.05) is 0 Å². The number of rotatable bonds is 26. The highest BCUT2D eigenvalue weighted by Gasteiger charge is 2.50. The monoisotopic (exact) mass is 1080 g/mol. The van der Waals surface area contributed by atoms with Gasteiger partial charge in [-0.15, -0.1) is 0 Å². The summed E-state index contributed by atoms with van der Waals surface area (Å²) in [6, 6.07) is 1.43. The maximum atomic E-state index is 12.7. The predicted octanol–water partition coefficient (Wildman–Crippen LogP) is -3.33. The summed E-state index contributed by atoms with van der Waals surface area (Å²) in [7, 11) is -16.5. The van der Waals surface area contributed by atoms with Crippen LogP contribution < -0.4 is 22.1 Å². The number of thioether (sulfide) groups is 2. The van der Waals surface area contributed by atoms with Crippen LogP contribution in [0.3, 0.4) is 0 Å². The van der Waals surface area contributed by atoms with Crippen molar-refractivity contribution in [1.82, 2.24) is 39.7 Å². The molecule has 3 aromatic rings. The number of carbonyl (C=O) groups is 3. The van der Waals surface area contributed by atoms with Crippen molar-refractivity contribution >= 4 is 81.6 Å². The first-order valence-corrected chi connectivity index (χ1v) is 26.7. The molecule has 36 heteroatoms. The molecular formula is C33H50N9O22P3S2. The Bertz CT molecular complexity index is 2500. The Kier molecular flexibility index (Phi) is 19.6. The highest BCUT2D eigenvalue weighted by Crippen LogP contribution is 2.61. The van der Waals surface area contributed by atoms with E-state index in [0.29, 0.717) is 5.75 Å². The summed E-state index contributed by atoms with van der Waals surface area (Å²) in [5.74, 6) is -1.39. The lowest BCUT2D eigenvalue weighted by Gasteiger charge is -2.30. The number of amides is 2. The third kappa shape index (κ3) is 15.6. The SMILES string of the molecule is CC(C)(COP(=O)(O)OP(=O)(O)OC[C@H]1O[C@@H](n2cnc3c(N)ncnc32)[C@H](O)[C@H]1OP(=O)(O)O)[C@H](O)C(=O)NCCC(=O)NCCSCC(=O)CSc1ccn([C@@H]2O[C@@H](CO)[C@H](O)[C@H]2O)c(=O)n1. The number of carbonyl (C=O) groups excluding carboxylic acids is 3. The van der Waals surface area contributed by atoms with Crippen molar-refractivity contribution in [3.63, 3.8) is 0 Å². The first-order valence-electron chi connectivity index (χ1n) is 20.1. The normalized spacial score (nSPS) is 25.3. The molecule has 0 radical (unpaired) electrons. The number of aromatic nitrogens is 6. The molecule has 0 aromatic carbocycles. The number of hydrogen-bond acceptors (Lipinski definition) is 25. The molecule has 11 atom stereocenters. The number of hydrogen-bond donors (Lipinski definition) is 12. The maximum absolute atomic E-state index is 12.7. The number of imidazole rings is 1. The second kappa shape index (κ2) is 23.9. The summed E-state index contributed by atoms with van der Waals surface area (Å²) in [5, 5.41) is 56.0. The minimum Gasteiger partial charge on any atom is -0.394 e. The highest BCUT2D eigenvalue weighted by atomic mass is 32.2. The number of nitrogens with two attached hydrogens (primary N) is 1. The lowest BCUT2D eigenvalue weighted by atomic mass is 9.87. The number of phosphoric acid groups is 3.